The van der Waals surface area contributed by atoms with Crippen molar-refractivity contribution in [3.63, 3.8) is 0 Å². The van der Waals surface area contributed by atoms with Gasteiger partial charge in [-0.2, -0.15) is 4.31 Å². The van der Waals surface area contributed by atoms with E-state index in [2.05, 4.69) is 4.90 Å². The summed E-state index contributed by atoms with van der Waals surface area (Å²) in [6.07, 6.45) is 3.65. The van der Waals surface area contributed by atoms with E-state index in [9.17, 15) is 22.4 Å². The Balaban J connectivity index is 1.21. The van der Waals surface area contributed by atoms with Gasteiger partial charge in [-0.25, -0.2) is 17.6 Å². The first-order valence-electron chi connectivity index (χ1n) is 11.4. The second-order valence-corrected chi connectivity index (χ2v) is 11.3. The molecule has 4 aliphatic rings. The second kappa shape index (κ2) is 8.30. The van der Waals surface area contributed by atoms with Crippen molar-refractivity contribution in [2.45, 2.75) is 36.6 Å². The molecule has 4 heterocycles. The molecule has 3 amide bonds. The average Bonchev–Trinajstić information content (AvgIpc) is 2.79. The van der Waals surface area contributed by atoms with E-state index in [1.165, 1.54) is 22.5 Å². The number of nitrogens with zero attached hydrogens (tertiary/aromatic N) is 4. The number of hydrogen-bond acceptors (Lipinski definition) is 4. The maximum Gasteiger partial charge on any atom is 0.320 e. The van der Waals surface area contributed by atoms with Crippen molar-refractivity contribution in [3.05, 3.63) is 30.1 Å². The average molecular weight is 465 g/mol. The number of rotatable bonds is 2. The van der Waals surface area contributed by atoms with E-state index < -0.39 is 15.8 Å². The molecule has 4 saturated heterocycles. The van der Waals surface area contributed by atoms with Crippen LogP contribution in [0.3, 0.4) is 0 Å². The number of piperidine rings is 3. The Hall–Kier alpha value is -2.20. The Labute approximate surface area is 188 Å². The molecule has 10 heteroatoms. The monoisotopic (exact) mass is 464 g/mol. The van der Waals surface area contributed by atoms with Crippen LogP contribution in [0.25, 0.3) is 0 Å². The number of carbonyl (C=O) groups excluding carboxylic acids is 2. The molecular formula is C22H29FN4O4S. The molecule has 2 unspecified atom stereocenters. The van der Waals surface area contributed by atoms with E-state index in [1.807, 2.05) is 4.90 Å². The van der Waals surface area contributed by atoms with Crippen molar-refractivity contribution in [2.24, 2.45) is 11.8 Å². The highest BCUT2D eigenvalue weighted by Crippen LogP contribution is 2.38. The first-order valence-corrected chi connectivity index (χ1v) is 12.9. The SMILES string of the molecule is O=C(N1CCN(S(=O)(=O)c2cccc(F)c2)CC1)N1CC2CC(C1)[C@H]1CCCC(=O)N1C2. The topological polar surface area (TPSA) is 81.2 Å². The van der Waals surface area contributed by atoms with Crippen LogP contribution in [-0.4, -0.2) is 91.2 Å². The summed E-state index contributed by atoms with van der Waals surface area (Å²) in [5.41, 5.74) is 0. The summed E-state index contributed by atoms with van der Waals surface area (Å²) in [7, 11) is -3.79. The molecule has 0 saturated carbocycles. The second-order valence-electron chi connectivity index (χ2n) is 9.40. The van der Waals surface area contributed by atoms with E-state index in [0.29, 0.717) is 44.4 Å². The Kier molecular flexibility index (Phi) is 5.61. The van der Waals surface area contributed by atoms with Gasteiger partial charge in [0.15, 0.2) is 0 Å². The first-order chi connectivity index (χ1) is 15.3. The van der Waals surface area contributed by atoms with Crippen LogP contribution >= 0.6 is 0 Å². The molecule has 1 aromatic carbocycles. The van der Waals surface area contributed by atoms with Crippen LogP contribution in [0.5, 0.6) is 0 Å². The Morgan fingerprint density at radius 1 is 1.03 bits per heavy atom. The van der Waals surface area contributed by atoms with E-state index in [0.717, 1.165) is 31.9 Å². The Morgan fingerprint density at radius 2 is 1.81 bits per heavy atom. The quantitative estimate of drug-likeness (QED) is 0.666. The number of halogens is 1. The molecule has 0 radical (unpaired) electrons. The van der Waals surface area contributed by atoms with Gasteiger partial charge in [-0.1, -0.05) is 6.07 Å². The third-order valence-electron chi connectivity index (χ3n) is 7.39. The molecule has 2 bridgehead atoms. The molecule has 0 aliphatic carbocycles. The molecule has 8 nitrogen and oxygen atoms in total. The minimum Gasteiger partial charge on any atom is -0.339 e. The van der Waals surface area contributed by atoms with Gasteiger partial charge < -0.3 is 14.7 Å². The number of hydrogen-bond donors (Lipinski definition) is 0. The van der Waals surface area contributed by atoms with Gasteiger partial charge in [-0.3, -0.25) is 4.79 Å². The van der Waals surface area contributed by atoms with Crippen molar-refractivity contribution < 1.29 is 22.4 Å². The molecule has 5 rings (SSSR count). The van der Waals surface area contributed by atoms with Crippen molar-refractivity contribution in [1.82, 2.24) is 19.0 Å². The molecule has 0 N–H and O–H groups in total. The maximum atomic E-state index is 13.5. The summed E-state index contributed by atoms with van der Waals surface area (Å²) in [6, 6.07) is 5.22. The first kappa shape index (κ1) is 21.6. The fourth-order valence-electron chi connectivity index (χ4n) is 5.86. The molecule has 174 valence electrons. The molecule has 0 spiro atoms. The van der Waals surface area contributed by atoms with Gasteiger partial charge >= 0.3 is 6.03 Å². The van der Waals surface area contributed by atoms with Crippen LogP contribution in [0.4, 0.5) is 9.18 Å². The summed E-state index contributed by atoms with van der Waals surface area (Å²) in [4.78, 5) is 31.2. The zero-order valence-corrected chi connectivity index (χ0v) is 18.8. The zero-order valence-electron chi connectivity index (χ0n) is 18.0. The van der Waals surface area contributed by atoms with E-state index in [-0.39, 0.29) is 36.0 Å². The largest absolute Gasteiger partial charge is 0.339 e. The van der Waals surface area contributed by atoms with Crippen LogP contribution in [-0.2, 0) is 14.8 Å². The van der Waals surface area contributed by atoms with Gasteiger partial charge in [-0.15, -0.1) is 0 Å². The van der Waals surface area contributed by atoms with E-state index >= 15 is 0 Å². The number of urea groups is 1. The molecule has 32 heavy (non-hydrogen) atoms. The summed E-state index contributed by atoms with van der Waals surface area (Å²) in [5.74, 6) is 0.302. The molecule has 3 atom stereocenters. The fraction of sp³-hybridized carbons (Fsp3) is 0.636. The molecule has 0 aromatic heterocycles. The molecular weight excluding hydrogens is 435 g/mol. The predicted octanol–water partition coefficient (Wildman–Crippen LogP) is 1.58. The van der Waals surface area contributed by atoms with Gasteiger partial charge in [-0.05, 0) is 49.3 Å². The highest BCUT2D eigenvalue weighted by atomic mass is 32.2. The minimum absolute atomic E-state index is 0.0434. The summed E-state index contributed by atoms with van der Waals surface area (Å²) in [6.45, 7) is 3.05. The van der Waals surface area contributed by atoms with Crippen LogP contribution in [0, 0.1) is 17.7 Å². The van der Waals surface area contributed by atoms with Crippen molar-refractivity contribution >= 4 is 22.0 Å². The Morgan fingerprint density at radius 3 is 2.56 bits per heavy atom. The lowest BCUT2D eigenvalue weighted by Crippen LogP contribution is -2.63. The van der Waals surface area contributed by atoms with E-state index in [1.54, 1.807) is 4.90 Å². The summed E-state index contributed by atoms with van der Waals surface area (Å²) >= 11 is 0. The van der Waals surface area contributed by atoms with Crippen LogP contribution < -0.4 is 0 Å². The minimum atomic E-state index is -3.79. The van der Waals surface area contributed by atoms with Crippen LogP contribution in [0.15, 0.2) is 29.2 Å². The lowest BCUT2D eigenvalue weighted by molar-refractivity contribution is -0.144. The fourth-order valence-corrected chi connectivity index (χ4v) is 7.32. The standard InChI is InChI=1S/C22H29FN4O4S/c23-18-3-1-4-19(12-18)32(30,31)26-9-7-24(8-10-26)22(29)25-13-16-11-17(15-25)20-5-2-6-21(28)27(20)14-16/h1,3-4,12,16-17,20H,2,5-11,13-15H2/t16?,17?,20-/m1/s1. The number of benzene rings is 1. The highest BCUT2D eigenvalue weighted by molar-refractivity contribution is 7.89. The normalized spacial score (nSPS) is 29.1. The molecule has 4 fully saturated rings. The third kappa shape index (κ3) is 3.87. The smallest absolute Gasteiger partial charge is 0.320 e. The lowest BCUT2D eigenvalue weighted by atomic mass is 9.76. The van der Waals surface area contributed by atoms with Gasteiger partial charge in [0.2, 0.25) is 15.9 Å². The van der Waals surface area contributed by atoms with Crippen molar-refractivity contribution in [2.75, 3.05) is 45.8 Å². The van der Waals surface area contributed by atoms with E-state index in [4.69, 9.17) is 0 Å². The van der Waals surface area contributed by atoms with Crippen molar-refractivity contribution in [1.29, 1.82) is 0 Å². The summed E-state index contributed by atoms with van der Waals surface area (Å²) < 4.78 is 40.5. The van der Waals surface area contributed by atoms with Gasteiger partial charge in [0.1, 0.15) is 5.82 Å². The maximum absolute atomic E-state index is 13.5. The number of carbonyl (C=O) groups is 2. The lowest BCUT2D eigenvalue weighted by Gasteiger charge is -2.53. The highest BCUT2D eigenvalue weighted by Gasteiger charge is 2.45. The third-order valence-corrected chi connectivity index (χ3v) is 9.29. The molecule has 1 aromatic rings. The predicted molar refractivity (Wildman–Crippen MR) is 115 cm³/mol. The molecule has 4 aliphatic heterocycles. The number of likely N-dealkylation sites (tertiary alicyclic amines) is 1. The van der Waals surface area contributed by atoms with Crippen LogP contribution in [0.1, 0.15) is 25.7 Å². The number of sulfonamides is 1. The van der Waals surface area contributed by atoms with Crippen LogP contribution in [0.2, 0.25) is 0 Å². The van der Waals surface area contributed by atoms with Gasteiger partial charge in [0.25, 0.3) is 0 Å². The Bertz CT molecular complexity index is 1010. The number of piperazine rings is 1. The van der Waals surface area contributed by atoms with Gasteiger partial charge in [0, 0.05) is 58.3 Å². The summed E-state index contributed by atoms with van der Waals surface area (Å²) in [5, 5.41) is 0. The van der Waals surface area contributed by atoms with Gasteiger partial charge in [0.05, 0.1) is 4.90 Å². The zero-order chi connectivity index (χ0) is 22.5. The van der Waals surface area contributed by atoms with Crippen molar-refractivity contribution in [3.8, 4) is 0 Å². The number of fused-ring (bicyclic) bond motifs is 4. The number of amides is 3.